The average molecular weight is 366 g/mol. The molecule has 27 heavy (non-hydrogen) atoms. The van der Waals surface area contributed by atoms with Crippen LogP contribution in [0.4, 0.5) is 17.5 Å². The maximum absolute atomic E-state index is 4.94. The molecule has 2 saturated heterocycles. The Labute approximate surface area is 163 Å². The Kier molecular flexibility index (Phi) is 5.19. The van der Waals surface area contributed by atoms with Crippen LogP contribution in [0.15, 0.2) is 30.3 Å². The SMILES string of the molecule is Cc1cccc(N2CCN(c3cc(C)nc(N4CCC(C)CC4)n3)CC2)c1. The van der Waals surface area contributed by atoms with E-state index in [-0.39, 0.29) is 0 Å². The van der Waals surface area contributed by atoms with Gasteiger partial charge in [-0.1, -0.05) is 19.1 Å². The van der Waals surface area contributed by atoms with Crippen molar-refractivity contribution < 1.29 is 0 Å². The molecular formula is C22H31N5. The van der Waals surface area contributed by atoms with Gasteiger partial charge >= 0.3 is 0 Å². The first-order valence-electron chi connectivity index (χ1n) is 10.3. The fourth-order valence-corrected chi connectivity index (χ4v) is 4.07. The van der Waals surface area contributed by atoms with Gasteiger partial charge in [0.1, 0.15) is 5.82 Å². The van der Waals surface area contributed by atoms with Gasteiger partial charge in [-0.25, -0.2) is 4.98 Å². The van der Waals surface area contributed by atoms with Crippen LogP contribution in [0, 0.1) is 19.8 Å². The van der Waals surface area contributed by atoms with E-state index in [9.17, 15) is 0 Å². The number of rotatable bonds is 3. The quantitative estimate of drug-likeness (QED) is 0.829. The fraction of sp³-hybridized carbons (Fsp3) is 0.545. The summed E-state index contributed by atoms with van der Waals surface area (Å²) in [6.07, 6.45) is 2.48. The van der Waals surface area contributed by atoms with Gasteiger partial charge in [-0.3, -0.25) is 0 Å². The molecule has 1 aromatic heterocycles. The Morgan fingerprint density at radius 2 is 1.52 bits per heavy atom. The van der Waals surface area contributed by atoms with Crippen LogP contribution >= 0.6 is 0 Å². The number of nitrogens with zero attached hydrogens (tertiary/aromatic N) is 5. The summed E-state index contributed by atoms with van der Waals surface area (Å²) in [5.74, 6) is 2.82. The highest BCUT2D eigenvalue weighted by atomic mass is 15.3. The monoisotopic (exact) mass is 365 g/mol. The van der Waals surface area contributed by atoms with Gasteiger partial charge < -0.3 is 14.7 Å². The topological polar surface area (TPSA) is 35.5 Å². The van der Waals surface area contributed by atoms with Crippen molar-refractivity contribution >= 4 is 17.5 Å². The summed E-state index contributed by atoms with van der Waals surface area (Å²) in [6.45, 7) is 12.8. The van der Waals surface area contributed by atoms with E-state index in [4.69, 9.17) is 9.97 Å². The minimum atomic E-state index is 0.820. The molecule has 0 unspecified atom stereocenters. The summed E-state index contributed by atoms with van der Waals surface area (Å²) in [4.78, 5) is 16.9. The molecule has 2 aliphatic heterocycles. The first-order valence-corrected chi connectivity index (χ1v) is 10.3. The van der Waals surface area contributed by atoms with Crippen molar-refractivity contribution in [3.8, 4) is 0 Å². The van der Waals surface area contributed by atoms with E-state index >= 15 is 0 Å². The molecule has 0 radical (unpaired) electrons. The van der Waals surface area contributed by atoms with E-state index in [2.05, 4.69) is 65.8 Å². The van der Waals surface area contributed by atoms with Gasteiger partial charge in [-0.15, -0.1) is 0 Å². The standard InChI is InChI=1S/C22H31N5/c1-17-7-9-27(10-8-17)22-23-19(3)16-21(24-22)26-13-11-25(12-14-26)20-6-4-5-18(2)15-20/h4-6,15-17H,7-14H2,1-3H3. The number of piperazine rings is 1. The zero-order valence-corrected chi connectivity index (χ0v) is 16.9. The van der Waals surface area contributed by atoms with Gasteiger partial charge in [0.2, 0.25) is 5.95 Å². The van der Waals surface area contributed by atoms with Gasteiger partial charge in [0.05, 0.1) is 0 Å². The highest BCUT2D eigenvalue weighted by Crippen LogP contribution is 2.24. The fourth-order valence-electron chi connectivity index (χ4n) is 4.07. The van der Waals surface area contributed by atoms with E-state index in [0.717, 1.165) is 62.6 Å². The number of benzene rings is 1. The first-order chi connectivity index (χ1) is 13.1. The van der Waals surface area contributed by atoms with Crippen molar-refractivity contribution in [1.82, 2.24) is 9.97 Å². The number of hydrogen-bond donors (Lipinski definition) is 0. The molecular weight excluding hydrogens is 334 g/mol. The molecule has 1 aromatic carbocycles. The van der Waals surface area contributed by atoms with E-state index in [1.54, 1.807) is 0 Å². The molecule has 3 heterocycles. The molecule has 0 saturated carbocycles. The lowest BCUT2D eigenvalue weighted by molar-refractivity contribution is 0.434. The van der Waals surface area contributed by atoms with Crippen LogP contribution < -0.4 is 14.7 Å². The normalized spacial score (nSPS) is 18.9. The van der Waals surface area contributed by atoms with Crippen molar-refractivity contribution in [2.45, 2.75) is 33.6 Å². The Bertz CT molecular complexity index is 774. The molecule has 0 amide bonds. The van der Waals surface area contributed by atoms with Crippen molar-refractivity contribution in [2.24, 2.45) is 5.92 Å². The Morgan fingerprint density at radius 3 is 2.22 bits per heavy atom. The van der Waals surface area contributed by atoms with Crippen LogP contribution in [0.5, 0.6) is 0 Å². The molecule has 0 bridgehead atoms. The summed E-state index contributed by atoms with van der Waals surface area (Å²) >= 11 is 0. The van der Waals surface area contributed by atoms with E-state index in [0.29, 0.717) is 0 Å². The number of hydrogen-bond acceptors (Lipinski definition) is 5. The van der Waals surface area contributed by atoms with E-state index in [1.165, 1.54) is 24.1 Å². The molecule has 0 spiro atoms. The molecule has 2 aliphatic rings. The highest BCUT2D eigenvalue weighted by Gasteiger charge is 2.22. The second-order valence-electron chi connectivity index (χ2n) is 8.15. The maximum Gasteiger partial charge on any atom is 0.227 e. The first kappa shape index (κ1) is 18.1. The molecule has 0 atom stereocenters. The van der Waals surface area contributed by atoms with Crippen LogP contribution in [0.2, 0.25) is 0 Å². The molecule has 0 N–H and O–H groups in total. The van der Waals surface area contributed by atoms with E-state index in [1.807, 2.05) is 0 Å². The van der Waals surface area contributed by atoms with Gasteiger partial charge in [0.25, 0.3) is 0 Å². The smallest absolute Gasteiger partial charge is 0.227 e. The van der Waals surface area contributed by atoms with Crippen molar-refractivity contribution in [2.75, 3.05) is 54.0 Å². The molecule has 2 aromatic rings. The molecule has 5 nitrogen and oxygen atoms in total. The third-order valence-electron chi connectivity index (χ3n) is 5.87. The number of anilines is 3. The summed E-state index contributed by atoms with van der Waals surface area (Å²) in [7, 11) is 0. The molecule has 5 heteroatoms. The Hall–Kier alpha value is -2.30. The summed E-state index contributed by atoms with van der Waals surface area (Å²) in [5.41, 5.74) is 3.72. The lowest BCUT2D eigenvalue weighted by Crippen LogP contribution is -2.47. The number of aryl methyl sites for hydroxylation is 2. The highest BCUT2D eigenvalue weighted by molar-refractivity contribution is 5.52. The Balaban J connectivity index is 1.45. The number of piperidine rings is 1. The minimum absolute atomic E-state index is 0.820. The van der Waals surface area contributed by atoms with Crippen LogP contribution in [0.1, 0.15) is 31.0 Å². The second kappa shape index (κ2) is 7.75. The predicted molar refractivity (Wildman–Crippen MR) is 113 cm³/mol. The van der Waals surface area contributed by atoms with Gasteiger partial charge in [-0.2, -0.15) is 4.98 Å². The van der Waals surface area contributed by atoms with Gasteiger partial charge in [-0.05, 0) is 50.3 Å². The molecule has 4 rings (SSSR count). The Morgan fingerprint density at radius 1 is 0.815 bits per heavy atom. The molecule has 144 valence electrons. The van der Waals surface area contributed by atoms with Crippen molar-refractivity contribution in [3.63, 3.8) is 0 Å². The van der Waals surface area contributed by atoms with Gasteiger partial charge in [0.15, 0.2) is 0 Å². The molecule has 0 aliphatic carbocycles. The predicted octanol–water partition coefficient (Wildman–Crippen LogP) is 3.66. The summed E-state index contributed by atoms with van der Waals surface area (Å²) in [6, 6.07) is 10.9. The largest absolute Gasteiger partial charge is 0.368 e. The lowest BCUT2D eigenvalue weighted by atomic mass is 10.00. The lowest BCUT2D eigenvalue weighted by Gasteiger charge is -2.37. The summed E-state index contributed by atoms with van der Waals surface area (Å²) in [5, 5.41) is 0. The maximum atomic E-state index is 4.94. The molecule has 2 fully saturated rings. The third kappa shape index (κ3) is 4.18. The van der Waals surface area contributed by atoms with Crippen molar-refractivity contribution in [3.05, 3.63) is 41.6 Å². The zero-order valence-electron chi connectivity index (χ0n) is 16.9. The zero-order chi connectivity index (χ0) is 18.8. The van der Waals surface area contributed by atoms with Crippen molar-refractivity contribution in [1.29, 1.82) is 0 Å². The number of aromatic nitrogens is 2. The van der Waals surface area contributed by atoms with Crippen LogP contribution in [0.3, 0.4) is 0 Å². The van der Waals surface area contributed by atoms with Crippen LogP contribution in [-0.4, -0.2) is 49.2 Å². The minimum Gasteiger partial charge on any atom is -0.368 e. The summed E-state index contributed by atoms with van der Waals surface area (Å²) < 4.78 is 0. The third-order valence-corrected chi connectivity index (χ3v) is 5.87. The second-order valence-corrected chi connectivity index (χ2v) is 8.15. The van der Waals surface area contributed by atoms with Gasteiger partial charge in [0, 0.05) is 56.7 Å². The van der Waals surface area contributed by atoms with E-state index < -0.39 is 0 Å². The van der Waals surface area contributed by atoms with Crippen LogP contribution in [-0.2, 0) is 0 Å². The van der Waals surface area contributed by atoms with Crippen LogP contribution in [0.25, 0.3) is 0 Å². The average Bonchev–Trinajstić information content (AvgIpc) is 2.68.